The van der Waals surface area contributed by atoms with E-state index in [4.69, 9.17) is 13.9 Å². The zero-order chi connectivity index (χ0) is 26.7. The highest BCUT2D eigenvalue weighted by atomic mass is 16.5. The molecule has 4 aromatic rings. The average Bonchev–Trinajstić information content (AvgIpc) is 2.89. The third-order valence-corrected chi connectivity index (χ3v) is 6.41. The van der Waals surface area contributed by atoms with Crippen LogP contribution in [0.2, 0.25) is 0 Å². The van der Waals surface area contributed by atoms with Crippen molar-refractivity contribution >= 4 is 16.9 Å². The lowest BCUT2D eigenvalue weighted by Gasteiger charge is -2.20. The topological polar surface area (TPSA) is 128 Å². The standard InChI is InChI=1S/C28H27NO8/c1-16-12-23(31)26(28(34)29(16)11-10-17-4-6-18(30)7-5-17)20(14-25(32)36-3)22-15-37-24-9-8-19(35-2)13-21(24)27(22)33/h4-9,12-13,15,20,30-31H,10-11,14H2,1-3H3/t20-/m1/s1. The molecule has 0 amide bonds. The van der Waals surface area contributed by atoms with Crippen molar-refractivity contribution in [1.29, 1.82) is 0 Å². The molecule has 0 aliphatic rings. The first kappa shape index (κ1) is 25.6. The van der Waals surface area contributed by atoms with E-state index < -0.39 is 22.9 Å². The number of phenolic OH excluding ortho intramolecular Hbond substituents is 1. The van der Waals surface area contributed by atoms with E-state index >= 15 is 0 Å². The van der Waals surface area contributed by atoms with Gasteiger partial charge in [0.25, 0.3) is 5.56 Å². The highest BCUT2D eigenvalue weighted by Crippen LogP contribution is 2.32. The van der Waals surface area contributed by atoms with Gasteiger partial charge in [0.2, 0.25) is 0 Å². The number of fused-ring (bicyclic) bond motifs is 1. The quantitative estimate of drug-likeness (QED) is 0.348. The highest BCUT2D eigenvalue weighted by molar-refractivity contribution is 5.79. The summed E-state index contributed by atoms with van der Waals surface area (Å²) in [7, 11) is 2.68. The smallest absolute Gasteiger partial charge is 0.306 e. The van der Waals surface area contributed by atoms with Crippen molar-refractivity contribution in [2.24, 2.45) is 0 Å². The normalized spacial score (nSPS) is 11.9. The number of pyridine rings is 1. The summed E-state index contributed by atoms with van der Waals surface area (Å²) in [5.41, 5.74) is 0.667. The second kappa shape index (κ2) is 10.6. The number of nitrogens with zero attached hydrogens (tertiary/aromatic N) is 1. The summed E-state index contributed by atoms with van der Waals surface area (Å²) in [6.07, 6.45) is 1.33. The van der Waals surface area contributed by atoms with Crippen LogP contribution in [-0.2, 0) is 22.5 Å². The van der Waals surface area contributed by atoms with Crippen molar-refractivity contribution in [3.63, 3.8) is 0 Å². The monoisotopic (exact) mass is 505 g/mol. The number of aromatic nitrogens is 1. The van der Waals surface area contributed by atoms with Crippen LogP contribution in [0.25, 0.3) is 11.0 Å². The minimum atomic E-state index is -1.12. The Bertz CT molecular complexity index is 1570. The van der Waals surface area contributed by atoms with E-state index in [1.54, 1.807) is 43.3 Å². The van der Waals surface area contributed by atoms with Gasteiger partial charge in [-0.15, -0.1) is 0 Å². The molecule has 0 aliphatic carbocycles. The largest absolute Gasteiger partial charge is 0.508 e. The summed E-state index contributed by atoms with van der Waals surface area (Å²) >= 11 is 0. The Labute approximate surface area is 212 Å². The van der Waals surface area contributed by atoms with Crippen LogP contribution in [0.15, 0.2) is 68.8 Å². The van der Waals surface area contributed by atoms with Crippen LogP contribution in [-0.4, -0.2) is 35.0 Å². The first-order chi connectivity index (χ1) is 17.7. The van der Waals surface area contributed by atoms with Gasteiger partial charge in [-0.05, 0) is 55.3 Å². The molecule has 4 rings (SSSR count). The molecule has 0 aliphatic heterocycles. The second-order valence-electron chi connectivity index (χ2n) is 8.67. The maximum absolute atomic E-state index is 13.7. The number of aromatic hydroxyl groups is 2. The summed E-state index contributed by atoms with van der Waals surface area (Å²) in [6, 6.07) is 12.8. The Hall–Kier alpha value is -4.53. The fraction of sp³-hybridized carbons (Fsp3) is 0.250. The maximum atomic E-state index is 13.7. The number of esters is 1. The second-order valence-corrected chi connectivity index (χ2v) is 8.67. The van der Waals surface area contributed by atoms with Gasteiger partial charge in [-0.1, -0.05) is 12.1 Å². The number of benzene rings is 2. The van der Waals surface area contributed by atoms with Crippen molar-refractivity contribution in [2.45, 2.75) is 32.2 Å². The van der Waals surface area contributed by atoms with E-state index in [1.807, 2.05) is 0 Å². The van der Waals surface area contributed by atoms with Crippen LogP contribution in [0.5, 0.6) is 17.2 Å². The molecule has 0 bridgehead atoms. The van der Waals surface area contributed by atoms with E-state index in [-0.39, 0.29) is 41.0 Å². The average molecular weight is 506 g/mol. The summed E-state index contributed by atoms with van der Waals surface area (Å²) in [5.74, 6) is -1.53. The van der Waals surface area contributed by atoms with Gasteiger partial charge in [0.05, 0.1) is 37.9 Å². The molecule has 0 fully saturated rings. The Morgan fingerprint density at radius 3 is 2.46 bits per heavy atom. The molecule has 0 saturated carbocycles. The minimum Gasteiger partial charge on any atom is -0.508 e. The lowest BCUT2D eigenvalue weighted by atomic mass is 9.88. The summed E-state index contributed by atoms with van der Waals surface area (Å²) < 4.78 is 17.2. The van der Waals surface area contributed by atoms with Gasteiger partial charge in [0.15, 0.2) is 5.43 Å². The molecule has 2 aromatic heterocycles. The van der Waals surface area contributed by atoms with Crippen LogP contribution < -0.4 is 15.7 Å². The van der Waals surface area contributed by atoms with Crippen molar-refractivity contribution in [3.8, 4) is 17.2 Å². The molecule has 2 aromatic carbocycles. The fourth-order valence-corrected chi connectivity index (χ4v) is 4.39. The van der Waals surface area contributed by atoms with Gasteiger partial charge in [-0.2, -0.15) is 0 Å². The Morgan fingerprint density at radius 1 is 1.05 bits per heavy atom. The summed E-state index contributed by atoms with van der Waals surface area (Å²) in [6.45, 7) is 1.96. The number of methoxy groups -OCH3 is 2. The number of phenols is 1. The van der Waals surface area contributed by atoms with Gasteiger partial charge >= 0.3 is 5.97 Å². The van der Waals surface area contributed by atoms with Gasteiger partial charge in [0, 0.05) is 23.7 Å². The van der Waals surface area contributed by atoms with Crippen LogP contribution in [0.1, 0.15) is 34.7 Å². The number of ether oxygens (including phenoxy) is 2. The molecular formula is C28H27NO8. The van der Waals surface area contributed by atoms with Crippen molar-refractivity contribution in [1.82, 2.24) is 4.57 Å². The Kier molecular flexibility index (Phi) is 7.33. The predicted molar refractivity (Wildman–Crippen MR) is 136 cm³/mol. The van der Waals surface area contributed by atoms with E-state index in [0.29, 0.717) is 23.4 Å². The molecule has 0 spiro atoms. The number of rotatable bonds is 8. The molecule has 192 valence electrons. The van der Waals surface area contributed by atoms with Crippen LogP contribution in [0.4, 0.5) is 0 Å². The number of hydrogen-bond donors (Lipinski definition) is 2. The number of carbonyl (C=O) groups excluding carboxylic acids is 1. The molecule has 1 atom stereocenters. The van der Waals surface area contributed by atoms with Gasteiger partial charge in [0.1, 0.15) is 22.8 Å². The van der Waals surface area contributed by atoms with Gasteiger partial charge in [-0.3, -0.25) is 14.4 Å². The third-order valence-electron chi connectivity index (χ3n) is 6.41. The summed E-state index contributed by atoms with van der Waals surface area (Å²) in [4.78, 5) is 39.6. The molecule has 0 unspecified atom stereocenters. The lowest BCUT2D eigenvalue weighted by molar-refractivity contribution is -0.140. The number of carbonyl (C=O) groups is 1. The number of hydrogen-bond acceptors (Lipinski definition) is 8. The highest BCUT2D eigenvalue weighted by Gasteiger charge is 2.29. The van der Waals surface area contributed by atoms with Gasteiger partial charge in [-0.25, -0.2) is 0 Å². The molecule has 2 N–H and O–H groups in total. The minimum absolute atomic E-state index is 0.0347. The lowest BCUT2D eigenvalue weighted by Crippen LogP contribution is -2.30. The van der Waals surface area contributed by atoms with Crippen LogP contribution >= 0.6 is 0 Å². The molecular weight excluding hydrogens is 478 g/mol. The fourth-order valence-electron chi connectivity index (χ4n) is 4.39. The van der Waals surface area contributed by atoms with Crippen molar-refractivity contribution in [3.05, 3.63) is 97.8 Å². The first-order valence-electron chi connectivity index (χ1n) is 11.6. The zero-order valence-corrected chi connectivity index (χ0v) is 20.7. The number of aryl methyl sites for hydroxylation is 2. The zero-order valence-electron chi connectivity index (χ0n) is 20.7. The van der Waals surface area contributed by atoms with Crippen LogP contribution in [0.3, 0.4) is 0 Å². The van der Waals surface area contributed by atoms with E-state index in [9.17, 15) is 24.6 Å². The molecule has 0 saturated heterocycles. The molecule has 2 heterocycles. The molecule has 0 radical (unpaired) electrons. The van der Waals surface area contributed by atoms with Crippen molar-refractivity contribution < 1.29 is 28.9 Å². The van der Waals surface area contributed by atoms with E-state index in [1.165, 1.54) is 37.2 Å². The molecule has 37 heavy (non-hydrogen) atoms. The SMILES string of the molecule is COC(=O)C[C@H](c1coc2ccc(OC)cc2c1=O)c1c(O)cc(C)n(CCc2ccc(O)cc2)c1=O. The Balaban J connectivity index is 1.85. The van der Waals surface area contributed by atoms with Gasteiger partial charge < -0.3 is 28.7 Å². The predicted octanol–water partition coefficient (Wildman–Crippen LogP) is 3.62. The van der Waals surface area contributed by atoms with E-state index in [0.717, 1.165) is 5.56 Å². The molecule has 9 nitrogen and oxygen atoms in total. The molecule has 9 heteroatoms. The summed E-state index contributed by atoms with van der Waals surface area (Å²) in [5, 5.41) is 20.6. The Morgan fingerprint density at radius 2 is 1.78 bits per heavy atom. The van der Waals surface area contributed by atoms with Crippen LogP contribution in [0, 0.1) is 6.92 Å². The maximum Gasteiger partial charge on any atom is 0.306 e. The first-order valence-corrected chi connectivity index (χ1v) is 11.6. The van der Waals surface area contributed by atoms with E-state index in [2.05, 4.69) is 0 Å². The third kappa shape index (κ3) is 5.20. The van der Waals surface area contributed by atoms with Crippen molar-refractivity contribution in [2.75, 3.05) is 14.2 Å².